The number of aromatic nitrogens is 3. The zero-order valence-electron chi connectivity index (χ0n) is 16.9. The van der Waals surface area contributed by atoms with Crippen molar-refractivity contribution in [2.45, 2.75) is 26.1 Å². The van der Waals surface area contributed by atoms with Crippen LogP contribution in [0.4, 0.5) is 13.2 Å². The molecule has 1 aliphatic heterocycles. The van der Waals surface area contributed by atoms with Crippen molar-refractivity contribution in [2.75, 3.05) is 26.2 Å². The number of aryl methyl sites for hydroxylation is 1. The quantitative estimate of drug-likeness (QED) is 0.596. The molecule has 1 saturated heterocycles. The predicted molar refractivity (Wildman–Crippen MR) is 107 cm³/mol. The molecule has 1 aliphatic rings. The van der Waals surface area contributed by atoms with Crippen molar-refractivity contribution in [2.24, 2.45) is 0 Å². The van der Waals surface area contributed by atoms with E-state index in [9.17, 15) is 18.0 Å². The van der Waals surface area contributed by atoms with Gasteiger partial charge >= 0.3 is 6.18 Å². The van der Waals surface area contributed by atoms with Crippen LogP contribution in [0.15, 0.2) is 34.3 Å². The number of amides is 1. The summed E-state index contributed by atoms with van der Waals surface area (Å²) in [5.41, 5.74) is 1.88. The first-order valence-electron chi connectivity index (χ1n) is 9.68. The number of rotatable bonds is 4. The van der Waals surface area contributed by atoms with Gasteiger partial charge < -0.3 is 9.42 Å². The second-order valence-corrected chi connectivity index (χ2v) is 8.16. The minimum atomic E-state index is -4.44. The summed E-state index contributed by atoms with van der Waals surface area (Å²) in [5, 5.41) is 3.86. The first kappa shape index (κ1) is 21.4. The lowest BCUT2D eigenvalue weighted by atomic mass is 10.1. The Labute approximate surface area is 180 Å². The maximum absolute atomic E-state index is 13.0. The van der Waals surface area contributed by atoms with Crippen molar-refractivity contribution < 1.29 is 22.5 Å². The van der Waals surface area contributed by atoms with Crippen LogP contribution >= 0.6 is 11.3 Å². The molecule has 0 bridgehead atoms. The summed E-state index contributed by atoms with van der Waals surface area (Å²) in [6.45, 7) is 6.05. The number of carbonyl (C=O) groups excluding carboxylic acids is 1. The molecular formula is C20H20F3N5O2S. The molecular weight excluding hydrogens is 431 g/mol. The van der Waals surface area contributed by atoms with Crippen molar-refractivity contribution >= 4 is 17.2 Å². The third kappa shape index (κ3) is 4.47. The number of halogens is 3. The van der Waals surface area contributed by atoms with Gasteiger partial charge in [0, 0.05) is 31.7 Å². The van der Waals surface area contributed by atoms with Gasteiger partial charge in [-0.3, -0.25) is 9.69 Å². The molecule has 0 saturated carbocycles. The molecule has 2 aromatic heterocycles. The summed E-state index contributed by atoms with van der Waals surface area (Å²) >= 11 is 1.34. The molecule has 1 aromatic carbocycles. The van der Waals surface area contributed by atoms with Crippen molar-refractivity contribution in [3.63, 3.8) is 0 Å². The van der Waals surface area contributed by atoms with Gasteiger partial charge in [0.1, 0.15) is 4.88 Å². The van der Waals surface area contributed by atoms with E-state index in [-0.39, 0.29) is 23.3 Å². The van der Waals surface area contributed by atoms with Crippen LogP contribution in [0, 0.1) is 6.92 Å². The number of hydrogen-bond acceptors (Lipinski definition) is 7. The Bertz CT molecular complexity index is 1070. The molecule has 7 nitrogen and oxygen atoms in total. The van der Waals surface area contributed by atoms with Gasteiger partial charge in [0.05, 0.1) is 22.8 Å². The second kappa shape index (κ2) is 8.39. The fraction of sp³-hybridized carbons (Fsp3) is 0.400. The number of thiazole rings is 1. The lowest BCUT2D eigenvalue weighted by Gasteiger charge is -2.36. The molecule has 31 heavy (non-hydrogen) atoms. The number of hydrogen-bond donors (Lipinski definition) is 0. The molecule has 3 heterocycles. The van der Waals surface area contributed by atoms with Crippen LogP contribution < -0.4 is 0 Å². The number of nitrogens with zero attached hydrogens (tertiary/aromatic N) is 5. The highest BCUT2D eigenvalue weighted by Gasteiger charge is 2.32. The fourth-order valence-electron chi connectivity index (χ4n) is 3.48. The number of alkyl halides is 3. The van der Waals surface area contributed by atoms with E-state index in [4.69, 9.17) is 4.52 Å². The van der Waals surface area contributed by atoms with Crippen molar-refractivity contribution in [3.8, 4) is 11.4 Å². The van der Waals surface area contributed by atoms with Crippen LogP contribution in [-0.2, 0) is 6.18 Å². The van der Waals surface area contributed by atoms with Crippen molar-refractivity contribution in [3.05, 3.63) is 51.8 Å². The van der Waals surface area contributed by atoms with Gasteiger partial charge in [-0.2, -0.15) is 18.2 Å². The minimum absolute atomic E-state index is 0.0167. The SMILES string of the molecule is Cc1ncsc1C(=O)N1CCN(C(C)c2nc(-c3cccc(C(F)(F)F)c3)no2)CC1. The zero-order chi connectivity index (χ0) is 22.2. The summed E-state index contributed by atoms with van der Waals surface area (Å²) in [6, 6.07) is 4.61. The lowest BCUT2D eigenvalue weighted by Crippen LogP contribution is -2.49. The Balaban J connectivity index is 1.41. The summed E-state index contributed by atoms with van der Waals surface area (Å²) in [6.07, 6.45) is -4.44. The van der Waals surface area contributed by atoms with E-state index in [1.165, 1.54) is 23.5 Å². The molecule has 11 heteroatoms. The van der Waals surface area contributed by atoms with E-state index < -0.39 is 11.7 Å². The molecule has 0 N–H and O–H groups in total. The Hall–Kier alpha value is -2.79. The Morgan fingerprint density at radius 1 is 1.23 bits per heavy atom. The summed E-state index contributed by atoms with van der Waals surface area (Å²) in [7, 11) is 0. The Kier molecular flexibility index (Phi) is 5.80. The van der Waals surface area contributed by atoms with Gasteiger partial charge in [-0.15, -0.1) is 11.3 Å². The number of benzene rings is 1. The molecule has 1 unspecified atom stereocenters. The monoisotopic (exact) mass is 451 g/mol. The van der Waals surface area contributed by atoms with E-state index in [1.54, 1.807) is 10.4 Å². The molecule has 164 valence electrons. The van der Waals surface area contributed by atoms with Gasteiger partial charge in [0.15, 0.2) is 0 Å². The van der Waals surface area contributed by atoms with E-state index >= 15 is 0 Å². The minimum Gasteiger partial charge on any atom is -0.337 e. The Morgan fingerprint density at radius 2 is 1.97 bits per heavy atom. The molecule has 1 fully saturated rings. The van der Waals surface area contributed by atoms with Crippen molar-refractivity contribution in [1.29, 1.82) is 0 Å². The zero-order valence-corrected chi connectivity index (χ0v) is 17.7. The van der Waals surface area contributed by atoms with Gasteiger partial charge in [-0.05, 0) is 26.0 Å². The van der Waals surface area contributed by atoms with E-state index in [1.807, 2.05) is 13.8 Å². The van der Waals surface area contributed by atoms with Gasteiger partial charge in [0.2, 0.25) is 11.7 Å². The summed E-state index contributed by atoms with van der Waals surface area (Å²) < 4.78 is 44.2. The highest BCUT2D eigenvalue weighted by molar-refractivity contribution is 7.11. The summed E-state index contributed by atoms with van der Waals surface area (Å²) in [5.74, 6) is 0.421. The molecule has 0 aliphatic carbocycles. The molecule has 0 spiro atoms. The van der Waals surface area contributed by atoms with E-state index in [0.717, 1.165) is 17.8 Å². The third-order valence-electron chi connectivity index (χ3n) is 5.34. The molecule has 0 radical (unpaired) electrons. The first-order chi connectivity index (χ1) is 14.7. The second-order valence-electron chi connectivity index (χ2n) is 7.31. The molecule has 3 aromatic rings. The standard InChI is InChI=1S/C20H20F3N5O2S/c1-12-16(31-11-24-12)19(29)28-8-6-27(7-9-28)13(2)18-25-17(26-30-18)14-4-3-5-15(10-14)20(21,22)23/h3-5,10-11,13H,6-9H2,1-2H3. The highest BCUT2D eigenvalue weighted by Crippen LogP contribution is 2.32. The maximum atomic E-state index is 13.0. The first-order valence-corrected chi connectivity index (χ1v) is 10.6. The average molecular weight is 451 g/mol. The van der Waals surface area contributed by atoms with Crippen molar-refractivity contribution in [1.82, 2.24) is 24.9 Å². The smallest absolute Gasteiger partial charge is 0.337 e. The van der Waals surface area contributed by atoms with Gasteiger partial charge in [-0.1, -0.05) is 17.3 Å². The third-order valence-corrected chi connectivity index (χ3v) is 6.25. The number of piperazine rings is 1. The highest BCUT2D eigenvalue weighted by atomic mass is 32.1. The molecule has 1 amide bonds. The van der Waals surface area contributed by atoms with Crippen LogP contribution in [0.1, 0.15) is 39.8 Å². The molecule has 1 atom stereocenters. The predicted octanol–water partition coefficient (Wildman–Crippen LogP) is 4.04. The number of carbonyl (C=O) groups is 1. The Morgan fingerprint density at radius 3 is 2.61 bits per heavy atom. The van der Waals surface area contributed by atoms with Crippen LogP contribution in [0.25, 0.3) is 11.4 Å². The maximum Gasteiger partial charge on any atom is 0.416 e. The normalized spacial score (nSPS) is 16.5. The van der Waals surface area contributed by atoms with Gasteiger partial charge in [-0.25, -0.2) is 4.98 Å². The largest absolute Gasteiger partial charge is 0.416 e. The van der Waals surface area contributed by atoms with Crippen LogP contribution in [-0.4, -0.2) is 57.0 Å². The lowest BCUT2D eigenvalue weighted by molar-refractivity contribution is -0.137. The van der Waals surface area contributed by atoms with E-state index in [2.05, 4.69) is 20.0 Å². The van der Waals surface area contributed by atoms with Crippen LogP contribution in [0.2, 0.25) is 0 Å². The van der Waals surface area contributed by atoms with Gasteiger partial charge in [0.25, 0.3) is 5.91 Å². The molecule has 4 rings (SSSR count). The van der Waals surface area contributed by atoms with Crippen LogP contribution in [0.5, 0.6) is 0 Å². The average Bonchev–Trinajstić information content (AvgIpc) is 3.42. The van der Waals surface area contributed by atoms with E-state index in [0.29, 0.717) is 36.9 Å². The summed E-state index contributed by atoms with van der Waals surface area (Å²) in [4.78, 5) is 25.6. The fourth-order valence-corrected chi connectivity index (χ4v) is 4.25. The van der Waals surface area contributed by atoms with Crippen LogP contribution in [0.3, 0.4) is 0 Å². The topological polar surface area (TPSA) is 75.4 Å².